The second-order valence-corrected chi connectivity index (χ2v) is 10.8. The molecule has 1 saturated carbocycles. The molecule has 8 nitrogen and oxygen atoms in total. The van der Waals surface area contributed by atoms with Crippen LogP contribution in [0.15, 0.2) is 58.8 Å². The van der Waals surface area contributed by atoms with Gasteiger partial charge in [0.15, 0.2) is 5.82 Å². The van der Waals surface area contributed by atoms with Gasteiger partial charge >= 0.3 is 0 Å². The first-order chi connectivity index (χ1) is 18.1. The number of hydrogen-bond acceptors (Lipinski definition) is 9. The molecule has 2 aliphatic rings. The zero-order chi connectivity index (χ0) is 25.6. The summed E-state index contributed by atoms with van der Waals surface area (Å²) in [6.45, 7) is 2.47. The van der Waals surface area contributed by atoms with Gasteiger partial charge in [-0.1, -0.05) is 30.8 Å². The van der Waals surface area contributed by atoms with Crippen molar-refractivity contribution in [3.05, 3.63) is 54.5 Å². The number of nitrogens with one attached hydrogen (secondary N) is 1. The van der Waals surface area contributed by atoms with Crippen molar-refractivity contribution in [2.45, 2.75) is 68.4 Å². The van der Waals surface area contributed by atoms with Gasteiger partial charge in [-0.05, 0) is 67.7 Å². The first kappa shape index (κ1) is 25.6. The standard InChI is InChI=1S/C28H33N5O3S/c1-18-2-9-27(32-26-10-11-30-28(33-26)31-21-4-6-22(35)7-5-21)37-25-15-19(3-8-24(18)25)20-14-23(17-29-16-20)36-13-12-34/h3,8,10-11,14-18,21-22,34-35H,2,4-7,9,12-13H2,1H3,(H,30,31,33). The van der Waals surface area contributed by atoms with Gasteiger partial charge in [-0.3, -0.25) is 4.98 Å². The second-order valence-electron chi connectivity index (χ2n) is 9.67. The van der Waals surface area contributed by atoms with E-state index in [1.807, 2.05) is 18.3 Å². The number of anilines is 1. The summed E-state index contributed by atoms with van der Waals surface area (Å²) in [5, 5.41) is 23.3. The number of thioether (sulfide) groups is 1. The Morgan fingerprint density at radius 3 is 2.78 bits per heavy atom. The first-order valence-electron chi connectivity index (χ1n) is 12.9. The van der Waals surface area contributed by atoms with Crippen LogP contribution in [0.3, 0.4) is 0 Å². The molecule has 3 aromatic rings. The highest BCUT2D eigenvalue weighted by atomic mass is 32.2. The lowest BCUT2D eigenvalue weighted by Crippen LogP contribution is -2.28. The summed E-state index contributed by atoms with van der Waals surface area (Å²) in [4.78, 5) is 19.5. The van der Waals surface area contributed by atoms with Crippen molar-refractivity contribution in [2.75, 3.05) is 18.5 Å². The minimum absolute atomic E-state index is 0.0334. The highest BCUT2D eigenvalue weighted by molar-refractivity contribution is 8.14. The molecule has 1 aliphatic carbocycles. The fraction of sp³-hybridized carbons (Fsp3) is 0.429. The van der Waals surface area contributed by atoms with Crippen LogP contribution in [0, 0.1) is 0 Å². The van der Waals surface area contributed by atoms with Gasteiger partial charge in [0.05, 0.1) is 24.0 Å². The van der Waals surface area contributed by atoms with Crippen molar-refractivity contribution >= 4 is 28.6 Å². The van der Waals surface area contributed by atoms with Crippen LogP contribution in [0.2, 0.25) is 0 Å². The molecule has 0 bridgehead atoms. The number of aromatic nitrogens is 3. The summed E-state index contributed by atoms with van der Waals surface area (Å²) in [7, 11) is 0. The molecule has 5 rings (SSSR count). The number of pyridine rings is 1. The van der Waals surface area contributed by atoms with E-state index < -0.39 is 0 Å². The van der Waals surface area contributed by atoms with E-state index in [0.29, 0.717) is 23.4 Å². The smallest absolute Gasteiger partial charge is 0.224 e. The number of aliphatic hydroxyl groups is 2. The van der Waals surface area contributed by atoms with Crippen LogP contribution < -0.4 is 10.1 Å². The van der Waals surface area contributed by atoms with E-state index in [9.17, 15) is 5.11 Å². The molecule has 1 aliphatic heterocycles. The van der Waals surface area contributed by atoms with Crippen LogP contribution in [0.4, 0.5) is 11.8 Å². The molecule has 0 saturated heterocycles. The van der Waals surface area contributed by atoms with Gasteiger partial charge in [0.25, 0.3) is 0 Å². The molecule has 37 heavy (non-hydrogen) atoms. The molecular weight excluding hydrogens is 486 g/mol. The molecule has 3 N–H and O–H groups in total. The monoisotopic (exact) mass is 519 g/mol. The van der Waals surface area contributed by atoms with Crippen LogP contribution in [-0.4, -0.2) is 55.6 Å². The van der Waals surface area contributed by atoms with Crippen molar-refractivity contribution < 1.29 is 14.9 Å². The van der Waals surface area contributed by atoms with Gasteiger partial charge in [-0.2, -0.15) is 4.98 Å². The van der Waals surface area contributed by atoms with Crippen LogP contribution in [0.5, 0.6) is 5.75 Å². The molecule has 9 heteroatoms. The van der Waals surface area contributed by atoms with Gasteiger partial charge in [0, 0.05) is 35.0 Å². The number of aliphatic hydroxyl groups excluding tert-OH is 2. The van der Waals surface area contributed by atoms with Crippen LogP contribution in [0.1, 0.15) is 56.9 Å². The van der Waals surface area contributed by atoms with E-state index in [2.05, 4.69) is 45.4 Å². The maximum Gasteiger partial charge on any atom is 0.224 e. The molecule has 1 fully saturated rings. The third-order valence-corrected chi connectivity index (χ3v) is 7.98. The van der Waals surface area contributed by atoms with Crippen molar-refractivity contribution in [2.24, 2.45) is 4.99 Å². The molecule has 1 unspecified atom stereocenters. The fourth-order valence-electron chi connectivity index (χ4n) is 4.79. The number of benzene rings is 1. The summed E-state index contributed by atoms with van der Waals surface area (Å²) in [5.74, 6) is 2.31. The van der Waals surface area contributed by atoms with Crippen molar-refractivity contribution in [3.8, 4) is 16.9 Å². The van der Waals surface area contributed by atoms with E-state index >= 15 is 0 Å². The van der Waals surface area contributed by atoms with E-state index in [1.54, 1.807) is 24.2 Å². The highest BCUT2D eigenvalue weighted by Gasteiger charge is 2.21. The maximum absolute atomic E-state index is 9.76. The highest BCUT2D eigenvalue weighted by Crippen LogP contribution is 2.40. The lowest BCUT2D eigenvalue weighted by molar-refractivity contribution is 0.126. The van der Waals surface area contributed by atoms with E-state index in [0.717, 1.165) is 54.7 Å². The Balaban J connectivity index is 1.35. The van der Waals surface area contributed by atoms with Gasteiger partial charge < -0.3 is 20.3 Å². The fourth-order valence-corrected chi connectivity index (χ4v) is 5.98. The molecule has 1 atom stereocenters. The van der Waals surface area contributed by atoms with Gasteiger partial charge in [-0.25, -0.2) is 9.98 Å². The van der Waals surface area contributed by atoms with Crippen molar-refractivity contribution in [1.29, 1.82) is 0 Å². The Morgan fingerprint density at radius 1 is 1.08 bits per heavy atom. The normalized spacial score (nSPS) is 22.8. The number of aliphatic imine (C=N–C) groups is 1. The molecule has 3 heterocycles. The summed E-state index contributed by atoms with van der Waals surface area (Å²) in [6.07, 6.45) is 10.4. The number of fused-ring (bicyclic) bond motifs is 1. The average molecular weight is 520 g/mol. The quantitative estimate of drug-likeness (QED) is 0.383. The Labute approximate surface area is 221 Å². The van der Waals surface area contributed by atoms with Gasteiger partial charge in [0.1, 0.15) is 12.4 Å². The topological polar surface area (TPSA) is 113 Å². The molecule has 1 aromatic carbocycles. The van der Waals surface area contributed by atoms with Crippen LogP contribution in [-0.2, 0) is 0 Å². The number of ether oxygens (including phenoxy) is 1. The lowest BCUT2D eigenvalue weighted by Gasteiger charge is -2.26. The maximum atomic E-state index is 9.76. The third-order valence-electron chi connectivity index (χ3n) is 6.88. The molecule has 0 radical (unpaired) electrons. The van der Waals surface area contributed by atoms with Crippen LogP contribution >= 0.6 is 11.8 Å². The first-order valence-corrected chi connectivity index (χ1v) is 13.7. The van der Waals surface area contributed by atoms with Gasteiger partial charge in [-0.15, -0.1) is 0 Å². The van der Waals surface area contributed by atoms with E-state index in [-0.39, 0.29) is 25.4 Å². The Hall–Kier alpha value is -3.01. The third kappa shape index (κ3) is 6.66. The van der Waals surface area contributed by atoms with E-state index in [1.165, 1.54) is 10.5 Å². The Morgan fingerprint density at radius 2 is 1.95 bits per heavy atom. The Bertz CT molecular complexity index is 1250. The number of hydrogen-bond donors (Lipinski definition) is 3. The summed E-state index contributed by atoms with van der Waals surface area (Å²) in [6, 6.07) is 10.6. The largest absolute Gasteiger partial charge is 0.490 e. The molecule has 0 spiro atoms. The SMILES string of the molecule is CC1CCC(=Nc2ccnc(NC3CCC(O)CC3)n2)Sc2cc(-c3cncc(OCCO)c3)ccc21. The van der Waals surface area contributed by atoms with Gasteiger partial charge in [0.2, 0.25) is 5.95 Å². The van der Waals surface area contributed by atoms with Crippen LogP contribution in [0.25, 0.3) is 11.1 Å². The summed E-state index contributed by atoms with van der Waals surface area (Å²) in [5.41, 5.74) is 3.35. The van der Waals surface area contributed by atoms with Crippen molar-refractivity contribution in [1.82, 2.24) is 15.0 Å². The second kappa shape index (κ2) is 12.0. The van der Waals surface area contributed by atoms with E-state index in [4.69, 9.17) is 14.8 Å². The molecule has 194 valence electrons. The minimum atomic E-state index is -0.186. The zero-order valence-electron chi connectivity index (χ0n) is 21.0. The minimum Gasteiger partial charge on any atom is -0.490 e. The summed E-state index contributed by atoms with van der Waals surface area (Å²) >= 11 is 1.70. The summed E-state index contributed by atoms with van der Waals surface area (Å²) < 4.78 is 5.55. The average Bonchev–Trinajstić information content (AvgIpc) is 3.07. The predicted molar refractivity (Wildman–Crippen MR) is 147 cm³/mol. The molecule has 0 amide bonds. The lowest BCUT2D eigenvalue weighted by atomic mass is 9.93. The predicted octanol–water partition coefficient (Wildman–Crippen LogP) is 5.34. The zero-order valence-corrected chi connectivity index (χ0v) is 21.8. The molecular formula is C28H33N5O3S. The Kier molecular flexibility index (Phi) is 8.33. The molecule has 2 aromatic heterocycles. The number of rotatable bonds is 7. The number of nitrogens with zero attached hydrogens (tertiary/aromatic N) is 4. The van der Waals surface area contributed by atoms with Crippen molar-refractivity contribution in [3.63, 3.8) is 0 Å².